The molecule has 1 aromatic rings. The van der Waals surface area contributed by atoms with Crippen LogP contribution in [0.25, 0.3) is 0 Å². The third-order valence-electron chi connectivity index (χ3n) is 1.92. The summed E-state index contributed by atoms with van der Waals surface area (Å²) in [4.78, 5) is 11.3. The van der Waals surface area contributed by atoms with Crippen molar-refractivity contribution in [3.63, 3.8) is 0 Å². The molecule has 0 saturated heterocycles. The molecule has 2 N–H and O–H groups in total. The molecule has 3 nitrogen and oxygen atoms in total. The Labute approximate surface area is 92.8 Å². The molecule has 0 aliphatic rings. The second kappa shape index (κ2) is 6.17. The van der Waals surface area contributed by atoms with Gasteiger partial charge in [-0.25, -0.2) is 8.78 Å². The van der Waals surface area contributed by atoms with Gasteiger partial charge in [0.2, 0.25) is 5.91 Å². The van der Waals surface area contributed by atoms with Crippen molar-refractivity contribution in [1.82, 2.24) is 5.32 Å². The van der Waals surface area contributed by atoms with E-state index >= 15 is 0 Å². The number of hydrogen-bond acceptors (Lipinski definition) is 2. The average molecular weight is 228 g/mol. The molecule has 0 fully saturated rings. The van der Waals surface area contributed by atoms with Gasteiger partial charge in [-0.05, 0) is 25.1 Å². The minimum atomic E-state index is -0.973. The predicted molar refractivity (Wildman–Crippen MR) is 58.1 cm³/mol. The maximum atomic E-state index is 12.8. The molecular formula is C11H14F2N2O. The van der Waals surface area contributed by atoms with Crippen molar-refractivity contribution >= 4 is 11.6 Å². The number of nitrogens with one attached hydrogen (secondary N) is 2. The molecule has 0 unspecified atom stereocenters. The summed E-state index contributed by atoms with van der Waals surface area (Å²) in [5, 5.41) is 5.36. The average Bonchev–Trinajstić information content (AvgIpc) is 2.24. The largest absolute Gasteiger partial charge is 0.325 e. The third kappa shape index (κ3) is 3.94. The standard InChI is InChI=1S/C11H14F2N2O/c1-2-5-14-7-11(16)15-8-3-4-9(12)10(13)6-8/h3-4,6,14H,2,5,7H2,1H3,(H,15,16). The molecule has 0 bridgehead atoms. The van der Waals surface area contributed by atoms with Crippen LogP contribution in [0.2, 0.25) is 0 Å². The quantitative estimate of drug-likeness (QED) is 0.756. The Kier molecular flexibility index (Phi) is 4.85. The van der Waals surface area contributed by atoms with Gasteiger partial charge in [0.15, 0.2) is 11.6 Å². The Morgan fingerprint density at radius 2 is 2.06 bits per heavy atom. The van der Waals surface area contributed by atoms with Crippen molar-refractivity contribution in [3.8, 4) is 0 Å². The first-order valence-electron chi connectivity index (χ1n) is 5.09. The van der Waals surface area contributed by atoms with Crippen LogP contribution in [0.3, 0.4) is 0 Å². The molecule has 1 rings (SSSR count). The van der Waals surface area contributed by atoms with Crippen molar-refractivity contribution in [2.75, 3.05) is 18.4 Å². The highest BCUT2D eigenvalue weighted by Crippen LogP contribution is 2.12. The maximum absolute atomic E-state index is 12.8. The zero-order valence-electron chi connectivity index (χ0n) is 9.02. The zero-order chi connectivity index (χ0) is 12.0. The fourth-order valence-corrected chi connectivity index (χ4v) is 1.16. The molecule has 0 aromatic heterocycles. The molecule has 0 saturated carbocycles. The molecule has 88 valence electrons. The molecule has 0 aliphatic heterocycles. The third-order valence-corrected chi connectivity index (χ3v) is 1.92. The lowest BCUT2D eigenvalue weighted by Gasteiger charge is -2.06. The number of amides is 1. The lowest BCUT2D eigenvalue weighted by Crippen LogP contribution is -2.28. The van der Waals surface area contributed by atoms with E-state index in [1.54, 1.807) is 0 Å². The summed E-state index contributed by atoms with van der Waals surface area (Å²) in [6.07, 6.45) is 0.929. The number of halogens is 2. The van der Waals surface area contributed by atoms with Gasteiger partial charge in [0.25, 0.3) is 0 Å². The number of carbonyl (C=O) groups is 1. The maximum Gasteiger partial charge on any atom is 0.238 e. The van der Waals surface area contributed by atoms with Crippen molar-refractivity contribution in [2.24, 2.45) is 0 Å². The van der Waals surface area contributed by atoms with Crippen LogP contribution in [0.1, 0.15) is 13.3 Å². The van der Waals surface area contributed by atoms with Crippen LogP contribution in [0, 0.1) is 11.6 Å². The summed E-state index contributed by atoms with van der Waals surface area (Å²) in [5.41, 5.74) is 0.252. The molecule has 1 aromatic carbocycles. The second-order valence-electron chi connectivity index (χ2n) is 3.35. The van der Waals surface area contributed by atoms with Gasteiger partial charge in [-0.3, -0.25) is 4.79 Å². The summed E-state index contributed by atoms with van der Waals surface area (Å²) < 4.78 is 25.4. The van der Waals surface area contributed by atoms with Crippen LogP contribution in [-0.2, 0) is 4.79 Å². The van der Waals surface area contributed by atoms with Crippen LogP contribution in [-0.4, -0.2) is 19.0 Å². The lowest BCUT2D eigenvalue weighted by molar-refractivity contribution is -0.115. The Morgan fingerprint density at radius 3 is 2.69 bits per heavy atom. The molecule has 0 aliphatic carbocycles. The lowest BCUT2D eigenvalue weighted by atomic mass is 10.3. The molecule has 16 heavy (non-hydrogen) atoms. The van der Waals surface area contributed by atoms with Gasteiger partial charge < -0.3 is 10.6 Å². The number of hydrogen-bond donors (Lipinski definition) is 2. The molecule has 0 radical (unpaired) electrons. The van der Waals surface area contributed by atoms with E-state index in [4.69, 9.17) is 0 Å². The molecule has 0 atom stereocenters. The van der Waals surface area contributed by atoms with E-state index in [0.29, 0.717) is 0 Å². The minimum Gasteiger partial charge on any atom is -0.325 e. The number of anilines is 1. The SMILES string of the molecule is CCCNCC(=O)Nc1ccc(F)c(F)c1. The van der Waals surface area contributed by atoms with Crippen LogP contribution in [0.5, 0.6) is 0 Å². The van der Waals surface area contributed by atoms with Crippen LogP contribution >= 0.6 is 0 Å². The normalized spacial score (nSPS) is 10.2. The highest BCUT2D eigenvalue weighted by molar-refractivity contribution is 5.92. The van der Waals surface area contributed by atoms with E-state index in [9.17, 15) is 13.6 Å². The summed E-state index contributed by atoms with van der Waals surface area (Å²) in [7, 11) is 0. The molecule has 0 heterocycles. The minimum absolute atomic E-state index is 0.160. The van der Waals surface area contributed by atoms with Crippen molar-refractivity contribution in [3.05, 3.63) is 29.8 Å². The molecular weight excluding hydrogens is 214 g/mol. The fourth-order valence-electron chi connectivity index (χ4n) is 1.16. The first-order valence-corrected chi connectivity index (χ1v) is 5.09. The molecule has 1 amide bonds. The van der Waals surface area contributed by atoms with Gasteiger partial charge in [0.1, 0.15) is 0 Å². The van der Waals surface area contributed by atoms with E-state index in [0.717, 1.165) is 25.1 Å². The van der Waals surface area contributed by atoms with E-state index in [-0.39, 0.29) is 18.1 Å². The Bertz CT molecular complexity index is 369. The summed E-state index contributed by atoms with van der Waals surface area (Å²) in [5.74, 6) is -2.18. The van der Waals surface area contributed by atoms with E-state index in [2.05, 4.69) is 10.6 Å². The molecule has 0 spiro atoms. The Morgan fingerprint density at radius 1 is 1.31 bits per heavy atom. The molecule has 5 heteroatoms. The Balaban J connectivity index is 2.46. The number of rotatable bonds is 5. The van der Waals surface area contributed by atoms with Crippen LogP contribution in [0.4, 0.5) is 14.5 Å². The smallest absolute Gasteiger partial charge is 0.238 e. The summed E-state index contributed by atoms with van der Waals surface area (Å²) in [6.45, 7) is 2.89. The van der Waals surface area contributed by atoms with Crippen LogP contribution < -0.4 is 10.6 Å². The Hall–Kier alpha value is -1.49. The van der Waals surface area contributed by atoms with Gasteiger partial charge in [-0.15, -0.1) is 0 Å². The number of carbonyl (C=O) groups excluding carboxylic acids is 1. The highest BCUT2D eigenvalue weighted by atomic mass is 19.2. The van der Waals surface area contributed by atoms with Crippen molar-refractivity contribution < 1.29 is 13.6 Å². The number of benzene rings is 1. The first-order chi connectivity index (χ1) is 7.63. The van der Waals surface area contributed by atoms with Gasteiger partial charge >= 0.3 is 0 Å². The summed E-state index contributed by atoms with van der Waals surface area (Å²) >= 11 is 0. The van der Waals surface area contributed by atoms with Crippen molar-refractivity contribution in [1.29, 1.82) is 0 Å². The zero-order valence-corrected chi connectivity index (χ0v) is 9.02. The monoisotopic (exact) mass is 228 g/mol. The first kappa shape index (κ1) is 12.6. The topological polar surface area (TPSA) is 41.1 Å². The van der Waals surface area contributed by atoms with E-state index < -0.39 is 11.6 Å². The van der Waals surface area contributed by atoms with Crippen LogP contribution in [0.15, 0.2) is 18.2 Å². The predicted octanol–water partition coefficient (Wildman–Crippen LogP) is 1.90. The highest BCUT2D eigenvalue weighted by Gasteiger charge is 2.05. The van der Waals surface area contributed by atoms with Gasteiger partial charge in [0, 0.05) is 11.8 Å². The van der Waals surface area contributed by atoms with E-state index in [1.807, 2.05) is 6.92 Å². The summed E-state index contributed by atoms with van der Waals surface area (Å²) in [6, 6.07) is 3.24. The fraction of sp³-hybridized carbons (Fsp3) is 0.364. The van der Waals surface area contributed by atoms with E-state index in [1.165, 1.54) is 6.07 Å². The second-order valence-corrected chi connectivity index (χ2v) is 3.35. The van der Waals surface area contributed by atoms with Gasteiger partial charge in [-0.1, -0.05) is 6.92 Å². The van der Waals surface area contributed by atoms with Gasteiger partial charge in [0.05, 0.1) is 6.54 Å². The van der Waals surface area contributed by atoms with Gasteiger partial charge in [-0.2, -0.15) is 0 Å². The van der Waals surface area contributed by atoms with Crippen molar-refractivity contribution in [2.45, 2.75) is 13.3 Å².